The van der Waals surface area contributed by atoms with Gasteiger partial charge < -0.3 is 14.2 Å². The van der Waals surface area contributed by atoms with Crippen molar-refractivity contribution >= 4 is 29.3 Å². The van der Waals surface area contributed by atoms with Gasteiger partial charge in [-0.05, 0) is 74.4 Å². The molecule has 1 aliphatic rings. The first-order chi connectivity index (χ1) is 13.5. The van der Waals surface area contributed by atoms with Crippen LogP contribution in [0, 0.1) is 5.92 Å². The standard InChI is InChI=1S/C22H29ClN2O2S/c1-24(22(26)21-8-7-20(27-21)16-28-2)15-18-10-13-25(14-11-18)12-9-17-3-5-19(23)6-4-17/h3-8,18H,9-16H2,1-2H3. The third-order valence-electron chi connectivity index (χ3n) is 5.37. The van der Waals surface area contributed by atoms with Crippen molar-refractivity contribution in [3.05, 3.63) is 58.5 Å². The lowest BCUT2D eigenvalue weighted by molar-refractivity contribution is 0.0708. The largest absolute Gasteiger partial charge is 0.455 e. The summed E-state index contributed by atoms with van der Waals surface area (Å²) in [4.78, 5) is 16.9. The Kier molecular flexibility index (Phi) is 7.89. The van der Waals surface area contributed by atoms with Gasteiger partial charge in [-0.1, -0.05) is 23.7 Å². The first-order valence-electron chi connectivity index (χ1n) is 9.85. The van der Waals surface area contributed by atoms with Crippen molar-refractivity contribution < 1.29 is 9.21 Å². The minimum absolute atomic E-state index is 0.0162. The number of hydrogen-bond donors (Lipinski definition) is 0. The zero-order valence-electron chi connectivity index (χ0n) is 16.7. The van der Waals surface area contributed by atoms with Gasteiger partial charge in [0.2, 0.25) is 0 Å². The van der Waals surface area contributed by atoms with Crippen LogP contribution >= 0.6 is 23.4 Å². The number of carbonyl (C=O) groups is 1. The third-order valence-corrected chi connectivity index (χ3v) is 6.20. The Labute approximate surface area is 177 Å². The molecule has 0 aliphatic carbocycles. The van der Waals surface area contributed by atoms with Crippen molar-refractivity contribution in [1.29, 1.82) is 0 Å². The summed E-state index contributed by atoms with van der Waals surface area (Å²) in [7, 11) is 1.88. The number of halogens is 1. The summed E-state index contributed by atoms with van der Waals surface area (Å²) in [5.74, 6) is 2.65. The van der Waals surface area contributed by atoms with Gasteiger partial charge in [-0.3, -0.25) is 4.79 Å². The van der Waals surface area contributed by atoms with Crippen molar-refractivity contribution in [3.8, 4) is 0 Å². The van der Waals surface area contributed by atoms with Crippen LogP contribution in [0.2, 0.25) is 5.02 Å². The third kappa shape index (κ3) is 6.03. The van der Waals surface area contributed by atoms with Crippen molar-refractivity contribution in [1.82, 2.24) is 9.80 Å². The number of hydrogen-bond acceptors (Lipinski definition) is 4. The Morgan fingerprint density at radius 2 is 1.93 bits per heavy atom. The maximum atomic E-state index is 12.6. The van der Waals surface area contributed by atoms with E-state index in [9.17, 15) is 4.79 Å². The normalized spacial score (nSPS) is 15.7. The molecule has 0 radical (unpaired) electrons. The molecular weight excluding hydrogens is 392 g/mol. The fourth-order valence-corrected chi connectivity index (χ4v) is 4.27. The van der Waals surface area contributed by atoms with Gasteiger partial charge in [0.05, 0.1) is 5.75 Å². The van der Waals surface area contributed by atoms with E-state index < -0.39 is 0 Å². The number of thioether (sulfide) groups is 1. The summed E-state index contributed by atoms with van der Waals surface area (Å²) < 4.78 is 5.67. The Balaban J connectivity index is 1.40. The van der Waals surface area contributed by atoms with Crippen LogP contribution in [0.25, 0.3) is 0 Å². The van der Waals surface area contributed by atoms with Crippen LogP contribution in [-0.2, 0) is 12.2 Å². The van der Waals surface area contributed by atoms with E-state index in [0.29, 0.717) is 11.7 Å². The number of rotatable bonds is 8. The molecular formula is C22H29ClN2O2S. The van der Waals surface area contributed by atoms with Crippen molar-refractivity contribution in [2.24, 2.45) is 5.92 Å². The van der Waals surface area contributed by atoms with Crippen molar-refractivity contribution in [3.63, 3.8) is 0 Å². The SMILES string of the molecule is CSCc1ccc(C(=O)N(C)CC2CCN(CCc3ccc(Cl)cc3)CC2)o1. The predicted octanol–water partition coefficient (Wildman–Crippen LogP) is 4.82. The molecule has 1 amide bonds. The molecule has 1 aliphatic heterocycles. The van der Waals surface area contributed by atoms with Crippen LogP contribution in [0.1, 0.15) is 34.7 Å². The molecule has 4 nitrogen and oxygen atoms in total. The molecule has 1 saturated heterocycles. The lowest BCUT2D eigenvalue weighted by Gasteiger charge is -2.33. The van der Waals surface area contributed by atoms with Crippen molar-refractivity contribution in [2.45, 2.75) is 25.0 Å². The average molecular weight is 421 g/mol. The Morgan fingerprint density at radius 3 is 2.61 bits per heavy atom. The summed E-state index contributed by atoms with van der Waals surface area (Å²) in [5.41, 5.74) is 1.33. The summed E-state index contributed by atoms with van der Waals surface area (Å²) >= 11 is 7.64. The average Bonchev–Trinajstić information content (AvgIpc) is 3.17. The summed E-state index contributed by atoms with van der Waals surface area (Å²) in [5, 5.41) is 0.790. The molecule has 0 saturated carbocycles. The molecule has 1 aromatic carbocycles. The number of likely N-dealkylation sites (tertiary alicyclic amines) is 1. The molecule has 0 unspecified atom stereocenters. The van der Waals surface area contributed by atoms with E-state index in [1.807, 2.05) is 36.4 Å². The minimum atomic E-state index is -0.0162. The molecule has 6 heteroatoms. The van der Waals surface area contributed by atoms with Gasteiger partial charge in [0.25, 0.3) is 5.91 Å². The zero-order valence-corrected chi connectivity index (χ0v) is 18.3. The molecule has 1 fully saturated rings. The van der Waals surface area contributed by atoms with E-state index in [-0.39, 0.29) is 5.91 Å². The maximum absolute atomic E-state index is 12.6. The number of carbonyl (C=O) groups excluding carboxylic acids is 1. The van der Waals surface area contributed by atoms with Gasteiger partial charge in [-0.2, -0.15) is 11.8 Å². The van der Waals surface area contributed by atoms with E-state index >= 15 is 0 Å². The molecule has 2 aromatic rings. The van der Waals surface area contributed by atoms with Gasteiger partial charge >= 0.3 is 0 Å². The molecule has 0 spiro atoms. The summed E-state index contributed by atoms with van der Waals surface area (Å²) in [6.45, 7) is 4.06. The van der Waals surface area contributed by atoms with Crippen LogP contribution in [0.3, 0.4) is 0 Å². The maximum Gasteiger partial charge on any atom is 0.289 e. The van der Waals surface area contributed by atoms with E-state index in [2.05, 4.69) is 17.0 Å². The lowest BCUT2D eigenvalue weighted by Crippen LogP contribution is -2.40. The van der Waals surface area contributed by atoms with E-state index in [4.69, 9.17) is 16.0 Å². The van der Waals surface area contributed by atoms with Crippen LogP contribution in [0.15, 0.2) is 40.8 Å². The summed E-state index contributed by atoms with van der Waals surface area (Å²) in [6, 6.07) is 11.8. The van der Waals surface area contributed by atoms with Gasteiger partial charge in [0.15, 0.2) is 5.76 Å². The number of nitrogens with zero attached hydrogens (tertiary/aromatic N) is 2. The van der Waals surface area contributed by atoms with Gasteiger partial charge in [0, 0.05) is 25.2 Å². The zero-order chi connectivity index (χ0) is 19.9. The van der Waals surface area contributed by atoms with E-state index in [0.717, 1.165) is 62.0 Å². The molecule has 0 N–H and O–H groups in total. The highest BCUT2D eigenvalue weighted by molar-refractivity contribution is 7.97. The number of piperidine rings is 1. The second-order valence-corrected chi connectivity index (χ2v) is 8.85. The van der Waals surface area contributed by atoms with Gasteiger partial charge in [-0.15, -0.1) is 0 Å². The van der Waals surface area contributed by atoms with Crippen LogP contribution in [0.4, 0.5) is 0 Å². The molecule has 2 heterocycles. The lowest BCUT2D eigenvalue weighted by atomic mass is 9.96. The van der Waals surface area contributed by atoms with Crippen LogP contribution in [-0.4, -0.2) is 55.2 Å². The number of furan rings is 1. The molecule has 152 valence electrons. The highest BCUT2D eigenvalue weighted by atomic mass is 35.5. The second kappa shape index (κ2) is 10.4. The smallest absolute Gasteiger partial charge is 0.289 e. The first kappa shape index (κ1) is 21.3. The fraction of sp³-hybridized carbons (Fsp3) is 0.500. The van der Waals surface area contributed by atoms with Gasteiger partial charge in [-0.25, -0.2) is 0 Å². The predicted molar refractivity (Wildman–Crippen MR) is 117 cm³/mol. The fourth-order valence-electron chi connectivity index (χ4n) is 3.70. The Morgan fingerprint density at radius 1 is 1.21 bits per heavy atom. The van der Waals surface area contributed by atoms with Crippen LogP contribution in [0.5, 0.6) is 0 Å². The summed E-state index contributed by atoms with van der Waals surface area (Å²) in [6.07, 6.45) is 5.34. The molecule has 3 rings (SSSR count). The number of benzene rings is 1. The van der Waals surface area contributed by atoms with E-state index in [1.165, 1.54) is 5.56 Å². The monoisotopic (exact) mass is 420 g/mol. The molecule has 0 atom stereocenters. The molecule has 0 bridgehead atoms. The Hall–Kier alpha value is -1.43. The minimum Gasteiger partial charge on any atom is -0.455 e. The quantitative estimate of drug-likeness (QED) is 0.613. The first-order valence-corrected chi connectivity index (χ1v) is 11.6. The molecule has 1 aromatic heterocycles. The Bertz CT molecular complexity index is 754. The number of amides is 1. The van der Waals surface area contributed by atoms with E-state index in [1.54, 1.807) is 17.8 Å². The topological polar surface area (TPSA) is 36.7 Å². The molecule has 28 heavy (non-hydrogen) atoms. The highest BCUT2D eigenvalue weighted by Gasteiger charge is 2.23. The van der Waals surface area contributed by atoms with Gasteiger partial charge in [0.1, 0.15) is 5.76 Å². The van der Waals surface area contributed by atoms with Crippen LogP contribution < -0.4 is 0 Å². The highest BCUT2D eigenvalue weighted by Crippen LogP contribution is 2.21. The second-order valence-electron chi connectivity index (χ2n) is 7.55. The van der Waals surface area contributed by atoms with Crippen molar-refractivity contribution in [2.75, 3.05) is 39.5 Å².